The van der Waals surface area contributed by atoms with E-state index in [1.165, 1.54) is 11.1 Å². The van der Waals surface area contributed by atoms with Crippen LogP contribution >= 0.6 is 11.8 Å². The summed E-state index contributed by atoms with van der Waals surface area (Å²) in [5.41, 5.74) is 2.45. The first-order valence-electron chi connectivity index (χ1n) is 9.06. The first kappa shape index (κ1) is 18.3. The molecule has 2 aliphatic heterocycles. The highest BCUT2D eigenvalue weighted by molar-refractivity contribution is 8.00. The molecule has 1 unspecified atom stereocenters. The molecule has 1 aromatic rings. The molecule has 2 aliphatic rings. The van der Waals surface area contributed by atoms with Gasteiger partial charge in [0.25, 0.3) is 0 Å². The van der Waals surface area contributed by atoms with Crippen molar-refractivity contribution < 1.29 is 9.59 Å². The Morgan fingerprint density at radius 2 is 1.96 bits per heavy atom. The number of nitrogens with zero attached hydrogens (tertiary/aromatic N) is 3. The third-order valence-electron chi connectivity index (χ3n) is 4.98. The first-order valence-corrected chi connectivity index (χ1v) is 10.1. The van der Waals surface area contributed by atoms with Crippen LogP contribution in [0.4, 0.5) is 0 Å². The number of hydrogen-bond acceptors (Lipinski definition) is 4. The van der Waals surface area contributed by atoms with Gasteiger partial charge in [0.2, 0.25) is 11.8 Å². The van der Waals surface area contributed by atoms with Crippen molar-refractivity contribution in [2.24, 2.45) is 0 Å². The van der Waals surface area contributed by atoms with Gasteiger partial charge in [0.05, 0.1) is 5.75 Å². The number of rotatable bonds is 5. The number of aryl methyl sites for hydroxylation is 1. The van der Waals surface area contributed by atoms with Gasteiger partial charge in [0.15, 0.2) is 0 Å². The zero-order valence-corrected chi connectivity index (χ0v) is 15.9. The predicted molar refractivity (Wildman–Crippen MR) is 101 cm³/mol. The smallest absolute Gasteiger partial charge is 0.233 e. The van der Waals surface area contributed by atoms with Crippen molar-refractivity contribution in [3.63, 3.8) is 0 Å². The third-order valence-corrected chi connectivity index (χ3v) is 6.24. The van der Waals surface area contributed by atoms with Crippen LogP contribution in [0, 0.1) is 6.92 Å². The molecule has 6 heteroatoms. The molecule has 136 valence electrons. The Labute approximate surface area is 154 Å². The maximum Gasteiger partial charge on any atom is 0.233 e. The summed E-state index contributed by atoms with van der Waals surface area (Å²) < 4.78 is 0. The molecule has 2 saturated heterocycles. The second-order valence-corrected chi connectivity index (χ2v) is 7.81. The monoisotopic (exact) mass is 361 g/mol. The van der Waals surface area contributed by atoms with E-state index in [1.54, 1.807) is 11.8 Å². The van der Waals surface area contributed by atoms with Crippen molar-refractivity contribution in [3.05, 3.63) is 35.4 Å². The molecule has 0 N–H and O–H groups in total. The van der Waals surface area contributed by atoms with E-state index in [0.717, 1.165) is 39.3 Å². The summed E-state index contributed by atoms with van der Waals surface area (Å²) in [6, 6.07) is 8.45. The van der Waals surface area contributed by atoms with E-state index in [2.05, 4.69) is 36.1 Å². The summed E-state index contributed by atoms with van der Waals surface area (Å²) in [4.78, 5) is 30.4. The normalized spacial score (nSPS) is 21.8. The van der Waals surface area contributed by atoms with Crippen molar-refractivity contribution in [1.29, 1.82) is 0 Å². The van der Waals surface area contributed by atoms with Gasteiger partial charge in [-0.1, -0.05) is 36.8 Å². The Morgan fingerprint density at radius 1 is 1.20 bits per heavy atom. The van der Waals surface area contributed by atoms with Gasteiger partial charge in [-0.25, -0.2) is 0 Å². The number of hydrogen-bond donors (Lipinski definition) is 0. The number of piperazine rings is 1. The molecule has 0 saturated carbocycles. The van der Waals surface area contributed by atoms with E-state index in [9.17, 15) is 9.59 Å². The lowest BCUT2D eigenvalue weighted by Crippen LogP contribution is -2.50. The van der Waals surface area contributed by atoms with Crippen LogP contribution in [0.5, 0.6) is 0 Å². The lowest BCUT2D eigenvalue weighted by Gasteiger charge is -2.36. The summed E-state index contributed by atoms with van der Waals surface area (Å²) in [5.74, 6) is 1.04. The maximum absolute atomic E-state index is 12.3. The van der Waals surface area contributed by atoms with Crippen molar-refractivity contribution in [1.82, 2.24) is 14.7 Å². The van der Waals surface area contributed by atoms with E-state index in [-0.39, 0.29) is 17.2 Å². The minimum absolute atomic E-state index is 0.135. The maximum atomic E-state index is 12.3. The summed E-state index contributed by atoms with van der Waals surface area (Å²) in [6.07, 6.45) is 0.581. The number of thioether (sulfide) groups is 1. The summed E-state index contributed by atoms with van der Waals surface area (Å²) in [6.45, 7) is 9.04. The molecule has 0 spiro atoms. The zero-order valence-electron chi connectivity index (χ0n) is 15.1. The van der Waals surface area contributed by atoms with Crippen LogP contribution < -0.4 is 0 Å². The highest BCUT2D eigenvalue weighted by Gasteiger charge is 2.33. The van der Waals surface area contributed by atoms with Crippen LogP contribution in [0.25, 0.3) is 0 Å². The Morgan fingerprint density at radius 3 is 2.64 bits per heavy atom. The molecule has 1 aromatic carbocycles. The van der Waals surface area contributed by atoms with Gasteiger partial charge in [0, 0.05) is 45.7 Å². The molecule has 5 nitrogen and oxygen atoms in total. The standard InChI is InChI=1S/C19H27N3O2S/c1-3-17(23)21-10-7-20(8-11-21)9-12-22-18(24)14-25-19(22)16-6-4-5-15(2)13-16/h4-6,13,19H,3,7-12,14H2,1-2H3. The largest absolute Gasteiger partial charge is 0.340 e. The molecule has 2 fully saturated rings. The first-order chi connectivity index (χ1) is 12.1. The molecular formula is C19H27N3O2S. The van der Waals surface area contributed by atoms with Gasteiger partial charge in [0.1, 0.15) is 5.37 Å². The minimum atomic E-state index is 0.135. The van der Waals surface area contributed by atoms with Crippen molar-refractivity contribution in [3.8, 4) is 0 Å². The average Bonchev–Trinajstić information content (AvgIpc) is 3.00. The lowest BCUT2D eigenvalue weighted by molar-refractivity contribution is -0.132. The van der Waals surface area contributed by atoms with Crippen LogP contribution in [0.2, 0.25) is 0 Å². The average molecular weight is 362 g/mol. The van der Waals surface area contributed by atoms with E-state index >= 15 is 0 Å². The van der Waals surface area contributed by atoms with E-state index < -0.39 is 0 Å². The van der Waals surface area contributed by atoms with E-state index in [4.69, 9.17) is 0 Å². The van der Waals surface area contributed by atoms with Crippen LogP contribution in [-0.4, -0.2) is 71.5 Å². The molecule has 3 rings (SSSR count). The number of benzene rings is 1. The fourth-order valence-corrected chi connectivity index (χ4v) is 4.70. The molecule has 25 heavy (non-hydrogen) atoms. The van der Waals surface area contributed by atoms with E-state index in [0.29, 0.717) is 12.2 Å². The van der Waals surface area contributed by atoms with Gasteiger partial charge in [-0.2, -0.15) is 0 Å². The highest BCUT2D eigenvalue weighted by Crippen LogP contribution is 2.38. The van der Waals surface area contributed by atoms with Gasteiger partial charge < -0.3 is 9.80 Å². The van der Waals surface area contributed by atoms with Gasteiger partial charge >= 0.3 is 0 Å². The Bertz CT molecular complexity index is 629. The molecule has 1 atom stereocenters. The topological polar surface area (TPSA) is 43.9 Å². The fraction of sp³-hybridized carbons (Fsp3) is 0.579. The molecule has 0 bridgehead atoms. The lowest BCUT2D eigenvalue weighted by atomic mass is 10.1. The third kappa shape index (κ3) is 4.36. The predicted octanol–water partition coefficient (Wildman–Crippen LogP) is 2.12. The Kier molecular flexibility index (Phi) is 6.02. The molecular weight excluding hydrogens is 334 g/mol. The van der Waals surface area contributed by atoms with Crippen LogP contribution in [-0.2, 0) is 9.59 Å². The van der Waals surface area contributed by atoms with Gasteiger partial charge in [-0.05, 0) is 12.5 Å². The number of carbonyl (C=O) groups is 2. The summed E-state index contributed by atoms with van der Waals surface area (Å²) in [7, 11) is 0. The molecule has 0 radical (unpaired) electrons. The zero-order chi connectivity index (χ0) is 17.8. The van der Waals surface area contributed by atoms with Crippen LogP contribution in [0.3, 0.4) is 0 Å². The molecule has 2 amide bonds. The number of carbonyl (C=O) groups excluding carboxylic acids is 2. The fourth-order valence-electron chi connectivity index (χ4n) is 3.49. The molecule has 0 aliphatic carbocycles. The van der Waals surface area contributed by atoms with Crippen molar-refractivity contribution in [2.45, 2.75) is 25.6 Å². The highest BCUT2D eigenvalue weighted by atomic mass is 32.2. The van der Waals surface area contributed by atoms with E-state index in [1.807, 2.05) is 16.7 Å². The van der Waals surface area contributed by atoms with Gasteiger partial charge in [-0.15, -0.1) is 11.8 Å². The van der Waals surface area contributed by atoms with Gasteiger partial charge in [-0.3, -0.25) is 14.5 Å². The van der Waals surface area contributed by atoms with Crippen molar-refractivity contribution >= 4 is 23.6 Å². The number of amides is 2. The SMILES string of the molecule is CCC(=O)N1CCN(CCN2C(=O)CSC2c2cccc(C)c2)CC1. The summed E-state index contributed by atoms with van der Waals surface area (Å²) >= 11 is 1.72. The minimum Gasteiger partial charge on any atom is -0.340 e. The second-order valence-electron chi connectivity index (χ2n) is 6.74. The van der Waals surface area contributed by atoms with Crippen molar-refractivity contribution in [2.75, 3.05) is 45.0 Å². The molecule has 0 aromatic heterocycles. The quantitative estimate of drug-likeness (QED) is 0.806. The molecule has 2 heterocycles. The second kappa shape index (κ2) is 8.23. The Balaban J connectivity index is 1.55. The summed E-state index contributed by atoms with van der Waals surface area (Å²) in [5, 5.41) is 0.135. The van der Waals surface area contributed by atoms with Crippen LogP contribution in [0.15, 0.2) is 24.3 Å². The Hall–Kier alpha value is -1.53. The van der Waals surface area contributed by atoms with Crippen LogP contribution in [0.1, 0.15) is 29.8 Å².